The summed E-state index contributed by atoms with van der Waals surface area (Å²) in [7, 11) is -1.07. The van der Waals surface area contributed by atoms with E-state index in [1.807, 2.05) is 12.1 Å². The van der Waals surface area contributed by atoms with Gasteiger partial charge in [0.25, 0.3) is 0 Å². The lowest BCUT2D eigenvalue weighted by molar-refractivity contribution is 0.115. The summed E-state index contributed by atoms with van der Waals surface area (Å²) in [5.74, 6) is 3.26. The molecule has 1 aromatic carbocycles. The lowest BCUT2D eigenvalue weighted by Crippen LogP contribution is -2.59. The molecule has 31 heavy (non-hydrogen) atoms. The first-order chi connectivity index (χ1) is 15.1. The second kappa shape index (κ2) is 7.42. The molecule has 0 amide bonds. The van der Waals surface area contributed by atoms with Gasteiger partial charge in [-0.15, -0.1) is 0 Å². The highest BCUT2D eigenvalue weighted by Gasteiger charge is 2.48. The number of aliphatic hydroxyl groups is 1. The van der Waals surface area contributed by atoms with E-state index in [9.17, 15) is 9.32 Å². The van der Waals surface area contributed by atoms with Gasteiger partial charge in [-0.2, -0.15) is 4.98 Å². The fourth-order valence-corrected chi connectivity index (χ4v) is 7.34. The number of nitrogens with zero attached hydrogens (tertiary/aromatic N) is 4. The zero-order valence-corrected chi connectivity index (χ0v) is 19.0. The highest BCUT2D eigenvalue weighted by atomic mass is 35.5. The molecular formula is C23H27ClN4O2S. The van der Waals surface area contributed by atoms with Crippen molar-refractivity contribution in [1.29, 1.82) is 0 Å². The average molecular weight is 459 g/mol. The molecule has 2 aliphatic heterocycles. The minimum absolute atomic E-state index is 0.121. The number of rotatable bonds is 4. The molecule has 6 rings (SSSR count). The quantitative estimate of drug-likeness (QED) is 0.757. The molecular weight excluding hydrogens is 432 g/mol. The maximum Gasteiger partial charge on any atom is 0.227 e. The zero-order valence-electron chi connectivity index (χ0n) is 17.4. The Hall–Kier alpha value is -1.70. The molecule has 2 aliphatic carbocycles. The van der Waals surface area contributed by atoms with E-state index in [0.717, 1.165) is 60.3 Å². The van der Waals surface area contributed by atoms with Gasteiger partial charge in [0.1, 0.15) is 0 Å². The minimum atomic E-state index is -1.07. The van der Waals surface area contributed by atoms with Gasteiger partial charge in [0.05, 0.1) is 34.0 Å². The van der Waals surface area contributed by atoms with Crippen LogP contribution < -0.4 is 9.80 Å². The number of benzene rings is 1. The molecule has 4 aliphatic rings. The summed E-state index contributed by atoms with van der Waals surface area (Å²) in [6.45, 7) is 1.75. The van der Waals surface area contributed by atoms with E-state index in [4.69, 9.17) is 16.6 Å². The Labute approximate surface area is 190 Å². The molecule has 1 N–H and O–H groups in total. The van der Waals surface area contributed by atoms with Crippen LogP contribution >= 0.6 is 11.6 Å². The molecule has 6 nitrogen and oxygen atoms in total. The molecule has 3 unspecified atom stereocenters. The van der Waals surface area contributed by atoms with E-state index in [1.165, 1.54) is 5.56 Å². The third kappa shape index (κ3) is 3.11. The predicted octanol–water partition coefficient (Wildman–Crippen LogP) is 3.36. The van der Waals surface area contributed by atoms with Crippen molar-refractivity contribution in [2.24, 2.45) is 5.92 Å². The number of anilines is 2. The number of hydrogen-bond acceptors (Lipinski definition) is 6. The van der Waals surface area contributed by atoms with Crippen LogP contribution in [0.3, 0.4) is 0 Å². The Morgan fingerprint density at radius 3 is 2.68 bits per heavy atom. The SMILES string of the molecule is O=[S@]1CCN(C2(CO)CCC2)c2nc(N3CC4CC3CC4c3ccc(Cl)cc3)ncc21. The monoisotopic (exact) mass is 458 g/mol. The van der Waals surface area contributed by atoms with Gasteiger partial charge in [0.15, 0.2) is 5.82 Å². The van der Waals surface area contributed by atoms with Crippen LogP contribution in [0.2, 0.25) is 5.02 Å². The largest absolute Gasteiger partial charge is 0.394 e. The fourth-order valence-electron chi connectivity index (χ4n) is 6.11. The summed E-state index contributed by atoms with van der Waals surface area (Å²) in [5, 5.41) is 10.9. The molecule has 3 fully saturated rings. The van der Waals surface area contributed by atoms with Crippen molar-refractivity contribution in [3.8, 4) is 0 Å². The highest BCUT2D eigenvalue weighted by molar-refractivity contribution is 7.85. The van der Waals surface area contributed by atoms with Crippen LogP contribution in [0.15, 0.2) is 35.4 Å². The van der Waals surface area contributed by atoms with Crippen LogP contribution in [0, 0.1) is 5.92 Å². The molecule has 2 aromatic rings. The third-order valence-electron chi connectivity index (χ3n) is 7.97. The van der Waals surface area contributed by atoms with E-state index in [1.54, 1.807) is 6.20 Å². The lowest BCUT2D eigenvalue weighted by Gasteiger charge is -2.51. The highest BCUT2D eigenvalue weighted by Crippen LogP contribution is 2.49. The molecule has 1 saturated heterocycles. The third-order valence-corrected chi connectivity index (χ3v) is 9.56. The van der Waals surface area contributed by atoms with Crippen molar-refractivity contribution in [1.82, 2.24) is 9.97 Å². The molecule has 8 heteroatoms. The molecule has 2 bridgehead atoms. The van der Waals surface area contributed by atoms with Crippen molar-refractivity contribution in [2.45, 2.75) is 54.5 Å². The second-order valence-corrected chi connectivity index (χ2v) is 11.5. The number of piperidine rings is 1. The number of aliphatic hydroxyl groups excluding tert-OH is 1. The molecule has 164 valence electrons. The van der Waals surface area contributed by atoms with Crippen molar-refractivity contribution in [2.75, 3.05) is 35.2 Å². The Morgan fingerprint density at radius 1 is 1.23 bits per heavy atom. The standard InChI is InChI=1S/C23H27ClN4O2S/c24-17-4-2-15(3-5-17)19-11-18-10-16(19)13-27(18)22-25-12-20-21(26-22)28(8-9-31(20)30)23(14-29)6-1-7-23/h2-5,12,16,18-19,29H,1,6-11,13-14H2/t16?,18?,19?,31-/m0/s1. The van der Waals surface area contributed by atoms with Crippen molar-refractivity contribution in [3.05, 3.63) is 41.0 Å². The maximum atomic E-state index is 12.7. The van der Waals surface area contributed by atoms with Gasteiger partial charge in [-0.25, -0.2) is 4.98 Å². The summed E-state index contributed by atoms with van der Waals surface area (Å²) < 4.78 is 12.7. The molecule has 4 atom stereocenters. The second-order valence-electron chi connectivity index (χ2n) is 9.49. The number of fused-ring (bicyclic) bond motifs is 3. The maximum absolute atomic E-state index is 12.7. The van der Waals surface area contributed by atoms with Gasteiger partial charge in [-0.3, -0.25) is 4.21 Å². The van der Waals surface area contributed by atoms with Gasteiger partial charge in [-0.1, -0.05) is 23.7 Å². The van der Waals surface area contributed by atoms with Crippen LogP contribution in [0.25, 0.3) is 0 Å². The number of halogens is 1. The summed E-state index contributed by atoms with van der Waals surface area (Å²) in [5.41, 5.74) is 1.13. The van der Waals surface area contributed by atoms with E-state index in [0.29, 0.717) is 30.2 Å². The molecule has 2 saturated carbocycles. The van der Waals surface area contributed by atoms with Gasteiger partial charge in [-0.05, 0) is 61.6 Å². The summed E-state index contributed by atoms with van der Waals surface area (Å²) in [6, 6.07) is 8.72. The molecule has 1 aromatic heterocycles. The Kier molecular flexibility index (Phi) is 4.78. The molecule has 3 heterocycles. The van der Waals surface area contributed by atoms with Gasteiger partial charge in [0.2, 0.25) is 5.95 Å². The van der Waals surface area contributed by atoms with Gasteiger partial charge >= 0.3 is 0 Å². The van der Waals surface area contributed by atoms with E-state index in [-0.39, 0.29) is 12.1 Å². The Balaban J connectivity index is 1.28. The van der Waals surface area contributed by atoms with Crippen LogP contribution in [0.5, 0.6) is 0 Å². The smallest absolute Gasteiger partial charge is 0.227 e. The average Bonchev–Trinajstić information content (AvgIpc) is 3.36. The summed E-state index contributed by atoms with van der Waals surface area (Å²) in [6.07, 6.45) is 7.08. The zero-order chi connectivity index (χ0) is 21.2. The van der Waals surface area contributed by atoms with Gasteiger partial charge in [0, 0.05) is 29.9 Å². The predicted molar refractivity (Wildman–Crippen MR) is 122 cm³/mol. The van der Waals surface area contributed by atoms with Crippen molar-refractivity contribution < 1.29 is 9.32 Å². The Morgan fingerprint density at radius 2 is 2.03 bits per heavy atom. The summed E-state index contributed by atoms with van der Waals surface area (Å²) >= 11 is 6.07. The lowest BCUT2D eigenvalue weighted by atomic mass is 9.76. The summed E-state index contributed by atoms with van der Waals surface area (Å²) in [4.78, 5) is 14.9. The van der Waals surface area contributed by atoms with E-state index < -0.39 is 10.8 Å². The van der Waals surface area contributed by atoms with Crippen LogP contribution in [0.1, 0.15) is 43.6 Å². The van der Waals surface area contributed by atoms with Crippen LogP contribution in [-0.2, 0) is 10.8 Å². The first-order valence-corrected chi connectivity index (χ1v) is 12.9. The van der Waals surface area contributed by atoms with Gasteiger partial charge < -0.3 is 14.9 Å². The first kappa shape index (κ1) is 19.9. The minimum Gasteiger partial charge on any atom is -0.394 e. The van der Waals surface area contributed by atoms with Crippen LogP contribution in [-0.4, -0.2) is 56.3 Å². The first-order valence-electron chi connectivity index (χ1n) is 11.2. The number of hydrogen-bond donors (Lipinski definition) is 1. The van der Waals surface area contributed by atoms with Crippen LogP contribution in [0.4, 0.5) is 11.8 Å². The topological polar surface area (TPSA) is 69.6 Å². The molecule has 0 radical (unpaired) electrons. The molecule has 0 spiro atoms. The van der Waals surface area contributed by atoms with Crippen molar-refractivity contribution >= 4 is 34.2 Å². The van der Waals surface area contributed by atoms with E-state index in [2.05, 4.69) is 26.9 Å². The van der Waals surface area contributed by atoms with E-state index >= 15 is 0 Å². The normalized spacial score (nSPS) is 30.9. The fraction of sp³-hybridized carbons (Fsp3) is 0.565. The number of aromatic nitrogens is 2. The van der Waals surface area contributed by atoms with Crippen molar-refractivity contribution in [3.63, 3.8) is 0 Å². The Bertz CT molecular complexity index is 1020.